The fourth-order valence-electron chi connectivity index (χ4n) is 1.50. The van der Waals surface area contributed by atoms with E-state index in [9.17, 15) is 0 Å². The third-order valence-corrected chi connectivity index (χ3v) is 2.58. The van der Waals surface area contributed by atoms with Crippen LogP contribution >= 0.6 is 15.9 Å². The number of aromatic nitrogens is 1. The molecule has 0 N–H and O–H groups in total. The molecule has 2 nitrogen and oxygen atoms in total. The van der Waals surface area contributed by atoms with Gasteiger partial charge in [-0.2, -0.15) is 0 Å². The average molecular weight is 251 g/mol. The highest BCUT2D eigenvalue weighted by Crippen LogP contribution is 2.21. The number of aliphatic imine (C=N–C) groups is 1. The molecule has 0 radical (unpaired) electrons. The van der Waals surface area contributed by atoms with Crippen LogP contribution in [0.1, 0.15) is 19.0 Å². The van der Waals surface area contributed by atoms with Gasteiger partial charge in [0.05, 0.1) is 11.7 Å². The topological polar surface area (TPSA) is 25.2 Å². The van der Waals surface area contributed by atoms with Gasteiger partial charge in [0, 0.05) is 12.6 Å². The molecule has 1 aliphatic rings. The van der Waals surface area contributed by atoms with Gasteiger partial charge in [-0.25, -0.2) is 4.98 Å². The smallest absolute Gasteiger partial charge is 0.106 e. The van der Waals surface area contributed by atoms with Crippen molar-refractivity contribution in [3.8, 4) is 0 Å². The molecule has 1 aromatic heterocycles. The molecule has 14 heavy (non-hydrogen) atoms. The summed E-state index contributed by atoms with van der Waals surface area (Å²) in [5, 5.41) is 0. The maximum atomic E-state index is 4.42. The Bertz CT molecular complexity index is 396. The van der Waals surface area contributed by atoms with Crippen LogP contribution in [0.5, 0.6) is 0 Å². The zero-order valence-corrected chi connectivity index (χ0v) is 9.53. The van der Waals surface area contributed by atoms with Crippen LogP contribution < -0.4 is 0 Å². The molecule has 0 amide bonds. The maximum Gasteiger partial charge on any atom is 0.106 e. The van der Waals surface area contributed by atoms with Crippen molar-refractivity contribution in [2.45, 2.75) is 19.4 Å². The lowest BCUT2D eigenvalue weighted by atomic mass is 10.0. The highest BCUT2D eigenvalue weighted by Gasteiger charge is 2.08. The van der Waals surface area contributed by atoms with Gasteiger partial charge in [0.2, 0.25) is 0 Å². The minimum Gasteiger partial charge on any atom is -0.290 e. The van der Waals surface area contributed by atoms with Crippen molar-refractivity contribution < 1.29 is 0 Å². The van der Waals surface area contributed by atoms with E-state index < -0.39 is 0 Å². The van der Waals surface area contributed by atoms with Gasteiger partial charge in [-0.05, 0) is 40.6 Å². The van der Waals surface area contributed by atoms with Gasteiger partial charge in [0.15, 0.2) is 0 Å². The molecule has 2 rings (SSSR count). The number of rotatable bonds is 1. The van der Waals surface area contributed by atoms with E-state index in [1.165, 1.54) is 5.57 Å². The van der Waals surface area contributed by atoms with E-state index in [1.54, 1.807) is 0 Å². The minimum absolute atomic E-state index is 0.277. The molecule has 2 heterocycles. The lowest BCUT2D eigenvalue weighted by molar-refractivity contribution is 0.914. The van der Waals surface area contributed by atoms with E-state index in [0.29, 0.717) is 0 Å². The summed E-state index contributed by atoms with van der Waals surface area (Å²) < 4.78 is 0.881. The van der Waals surface area contributed by atoms with Crippen LogP contribution in [0.4, 0.5) is 0 Å². The molecule has 1 atom stereocenters. The first-order valence-corrected chi connectivity index (χ1v) is 5.40. The number of halogens is 1. The summed E-state index contributed by atoms with van der Waals surface area (Å²) in [7, 11) is 0. The molecule has 1 unspecified atom stereocenters. The Kier molecular flexibility index (Phi) is 2.77. The molecule has 0 aromatic carbocycles. The molecular formula is C11H11BrN2. The van der Waals surface area contributed by atoms with Crippen molar-refractivity contribution in [2.75, 3.05) is 0 Å². The van der Waals surface area contributed by atoms with Crippen molar-refractivity contribution in [3.63, 3.8) is 0 Å². The molecule has 0 spiro atoms. The SMILES string of the molecule is CC1C=C(c2cccc(Br)n2)CC=N1. The summed E-state index contributed by atoms with van der Waals surface area (Å²) in [5.74, 6) is 0. The van der Waals surface area contributed by atoms with Crippen LogP contribution in [0.15, 0.2) is 33.9 Å². The second-order valence-corrected chi connectivity index (χ2v) is 4.13. The predicted octanol–water partition coefficient (Wildman–Crippen LogP) is 3.09. The predicted molar refractivity (Wildman–Crippen MR) is 62.5 cm³/mol. The van der Waals surface area contributed by atoms with Crippen LogP contribution in [0.3, 0.4) is 0 Å². The Morgan fingerprint density at radius 3 is 3.00 bits per heavy atom. The molecule has 1 aromatic rings. The lowest BCUT2D eigenvalue weighted by Crippen LogP contribution is -2.03. The normalized spacial score (nSPS) is 20.7. The summed E-state index contributed by atoms with van der Waals surface area (Å²) in [4.78, 5) is 8.71. The van der Waals surface area contributed by atoms with E-state index in [1.807, 2.05) is 24.4 Å². The first kappa shape index (κ1) is 9.59. The highest BCUT2D eigenvalue weighted by atomic mass is 79.9. The largest absolute Gasteiger partial charge is 0.290 e. The Morgan fingerprint density at radius 1 is 1.43 bits per heavy atom. The van der Waals surface area contributed by atoms with E-state index in [0.717, 1.165) is 16.7 Å². The standard InChI is InChI=1S/C11H11BrN2/c1-8-7-9(5-6-13-8)10-3-2-4-11(12)14-10/h2-4,6-8H,5H2,1H3. The molecular weight excluding hydrogens is 240 g/mol. The van der Waals surface area contributed by atoms with Crippen molar-refractivity contribution >= 4 is 27.7 Å². The molecule has 3 heteroatoms. The minimum atomic E-state index is 0.277. The zero-order valence-electron chi connectivity index (χ0n) is 7.94. The summed E-state index contributed by atoms with van der Waals surface area (Å²) in [5.41, 5.74) is 2.30. The third kappa shape index (κ3) is 2.10. The Morgan fingerprint density at radius 2 is 2.29 bits per heavy atom. The first-order valence-electron chi connectivity index (χ1n) is 4.61. The number of nitrogens with zero attached hydrogens (tertiary/aromatic N) is 2. The summed E-state index contributed by atoms with van der Waals surface area (Å²) in [6.07, 6.45) is 5.01. The molecule has 0 saturated carbocycles. The number of hydrogen-bond donors (Lipinski definition) is 0. The summed E-state index contributed by atoms with van der Waals surface area (Å²) in [6.45, 7) is 2.08. The highest BCUT2D eigenvalue weighted by molar-refractivity contribution is 9.10. The van der Waals surface area contributed by atoms with Crippen molar-refractivity contribution in [2.24, 2.45) is 4.99 Å². The van der Waals surface area contributed by atoms with Gasteiger partial charge in [-0.3, -0.25) is 4.99 Å². The van der Waals surface area contributed by atoms with Gasteiger partial charge in [-0.1, -0.05) is 12.1 Å². The van der Waals surface area contributed by atoms with E-state index in [2.05, 4.69) is 38.9 Å². The molecule has 72 valence electrons. The van der Waals surface area contributed by atoms with Gasteiger partial charge >= 0.3 is 0 Å². The lowest BCUT2D eigenvalue weighted by Gasteiger charge is -2.11. The number of dihydropyridines is 1. The number of allylic oxidation sites excluding steroid dienone is 1. The van der Waals surface area contributed by atoms with Crippen LogP contribution in [0.2, 0.25) is 0 Å². The number of hydrogen-bond acceptors (Lipinski definition) is 2. The van der Waals surface area contributed by atoms with Gasteiger partial charge in [0.1, 0.15) is 4.60 Å². The van der Waals surface area contributed by atoms with Crippen LogP contribution in [0.25, 0.3) is 5.57 Å². The van der Waals surface area contributed by atoms with Crippen molar-refractivity contribution in [1.29, 1.82) is 0 Å². The maximum absolute atomic E-state index is 4.42. The van der Waals surface area contributed by atoms with Crippen LogP contribution in [-0.2, 0) is 0 Å². The fraction of sp³-hybridized carbons (Fsp3) is 0.273. The Hall–Kier alpha value is -0.960. The second-order valence-electron chi connectivity index (χ2n) is 3.31. The van der Waals surface area contributed by atoms with Gasteiger partial charge in [-0.15, -0.1) is 0 Å². The molecule has 0 saturated heterocycles. The zero-order chi connectivity index (χ0) is 9.97. The Balaban J connectivity index is 2.31. The Labute approximate surface area is 91.9 Å². The fourth-order valence-corrected chi connectivity index (χ4v) is 1.84. The van der Waals surface area contributed by atoms with E-state index in [4.69, 9.17) is 0 Å². The molecule has 0 bridgehead atoms. The summed E-state index contributed by atoms with van der Waals surface area (Å²) >= 11 is 3.37. The average Bonchev–Trinajstić information content (AvgIpc) is 2.18. The second kappa shape index (κ2) is 4.05. The third-order valence-electron chi connectivity index (χ3n) is 2.14. The van der Waals surface area contributed by atoms with Crippen LogP contribution in [0, 0.1) is 0 Å². The molecule has 1 aliphatic heterocycles. The van der Waals surface area contributed by atoms with E-state index in [-0.39, 0.29) is 6.04 Å². The van der Waals surface area contributed by atoms with Crippen molar-refractivity contribution in [1.82, 2.24) is 4.98 Å². The van der Waals surface area contributed by atoms with Crippen LogP contribution in [-0.4, -0.2) is 17.2 Å². The number of pyridine rings is 1. The summed E-state index contributed by atoms with van der Waals surface area (Å²) in [6, 6.07) is 6.25. The quantitative estimate of drug-likeness (QED) is 0.704. The molecule has 0 aliphatic carbocycles. The van der Waals surface area contributed by atoms with Gasteiger partial charge < -0.3 is 0 Å². The molecule has 0 fully saturated rings. The van der Waals surface area contributed by atoms with Gasteiger partial charge in [0.25, 0.3) is 0 Å². The monoisotopic (exact) mass is 250 g/mol. The van der Waals surface area contributed by atoms with Crippen molar-refractivity contribution in [3.05, 3.63) is 34.6 Å². The first-order chi connectivity index (χ1) is 6.75. The van der Waals surface area contributed by atoms with E-state index >= 15 is 0 Å².